The minimum Gasteiger partial charge on any atom is -0.507 e. The molecule has 0 radical (unpaired) electrons. The van der Waals surface area contributed by atoms with Gasteiger partial charge in [0.05, 0.1) is 13.2 Å². The number of aliphatic hydroxyl groups excluding tert-OH is 3. The minimum absolute atomic E-state index is 0.0300. The van der Waals surface area contributed by atoms with Crippen molar-refractivity contribution in [2.75, 3.05) is 26.4 Å². The number of ether oxygens (including phenoxy) is 4. The number of alkyl halides is 1. The summed E-state index contributed by atoms with van der Waals surface area (Å²) in [5.74, 6) is 0.786. The third-order valence-electron chi connectivity index (χ3n) is 5.95. The monoisotopic (exact) mass is 450 g/mol. The molecule has 172 valence electrons. The Morgan fingerprint density at radius 2 is 1.81 bits per heavy atom. The van der Waals surface area contributed by atoms with Gasteiger partial charge in [-0.2, -0.15) is 0 Å². The lowest BCUT2D eigenvalue weighted by molar-refractivity contribution is -0.214. The van der Waals surface area contributed by atoms with Crippen LogP contribution in [0.1, 0.15) is 31.1 Å². The number of hydrogen-bond donors (Lipinski definition) is 4. The molecule has 0 aliphatic carbocycles. The van der Waals surface area contributed by atoms with E-state index in [-0.39, 0.29) is 41.2 Å². The maximum absolute atomic E-state index is 14.3. The van der Waals surface area contributed by atoms with E-state index < -0.39 is 43.6 Å². The Hall–Kier alpha value is -2.59. The van der Waals surface area contributed by atoms with Gasteiger partial charge in [-0.15, -0.1) is 0 Å². The van der Waals surface area contributed by atoms with Crippen molar-refractivity contribution in [1.82, 2.24) is 0 Å². The van der Waals surface area contributed by atoms with E-state index in [1.165, 1.54) is 12.1 Å². The molecule has 5 atom stereocenters. The van der Waals surface area contributed by atoms with E-state index in [4.69, 9.17) is 21.7 Å². The van der Waals surface area contributed by atoms with E-state index in [0.29, 0.717) is 30.3 Å². The zero-order chi connectivity index (χ0) is 24.2. The van der Waals surface area contributed by atoms with Crippen LogP contribution in [0, 0.1) is 0 Å². The Morgan fingerprint density at radius 1 is 1.03 bits per heavy atom. The average Bonchev–Trinajstić information content (AvgIpc) is 3.33. The number of halogens is 1. The van der Waals surface area contributed by atoms with Crippen molar-refractivity contribution in [2.45, 2.75) is 43.4 Å². The molecule has 9 heteroatoms. The van der Waals surface area contributed by atoms with Crippen molar-refractivity contribution >= 4 is 0 Å². The maximum atomic E-state index is 14.3. The highest BCUT2D eigenvalue weighted by atomic mass is 19.1. The molecule has 5 rings (SSSR count). The lowest BCUT2D eigenvalue weighted by atomic mass is 9.88. The molecule has 2 aromatic carbocycles. The summed E-state index contributed by atoms with van der Waals surface area (Å²) < 4.78 is 54.4. The van der Waals surface area contributed by atoms with E-state index in [1.807, 2.05) is 0 Å². The number of aromatic hydroxyl groups is 1. The Labute approximate surface area is 186 Å². The van der Waals surface area contributed by atoms with Crippen LogP contribution in [0.5, 0.6) is 23.0 Å². The van der Waals surface area contributed by atoms with Crippen LogP contribution in [0.2, 0.25) is 0 Å². The van der Waals surface area contributed by atoms with Crippen molar-refractivity contribution in [3.8, 4) is 23.0 Å². The SMILES string of the molecule is [2H]C([2H])(c1ccc2c(c1)OCCO2)c1cc([C@@H]2O[C@H](CO)[C@@H](F)[C@H](O)[C@H]2O)c(O)c2c1OCC2. The molecule has 0 bridgehead atoms. The summed E-state index contributed by atoms with van der Waals surface area (Å²) in [5, 5.41) is 41.1. The predicted molar refractivity (Wildman–Crippen MR) is 109 cm³/mol. The summed E-state index contributed by atoms with van der Waals surface area (Å²) in [5.41, 5.74) is 0.602. The van der Waals surface area contributed by atoms with Crippen LogP contribution in [0.3, 0.4) is 0 Å². The number of aliphatic hydroxyl groups is 3. The molecular weight excluding hydrogens is 423 g/mol. The summed E-state index contributed by atoms with van der Waals surface area (Å²) in [6.07, 6.45) is -10.3. The third kappa shape index (κ3) is 3.55. The molecule has 8 nitrogen and oxygen atoms in total. The number of phenols is 1. The van der Waals surface area contributed by atoms with Gasteiger partial charge in [0.15, 0.2) is 17.7 Å². The molecule has 3 heterocycles. The van der Waals surface area contributed by atoms with Crippen molar-refractivity contribution in [3.05, 3.63) is 46.5 Å². The number of phenolic OH excluding ortho intramolecular Hbond substituents is 1. The molecule has 3 aliphatic heterocycles. The Morgan fingerprint density at radius 3 is 2.59 bits per heavy atom. The second-order valence-electron chi connectivity index (χ2n) is 7.95. The van der Waals surface area contributed by atoms with Crippen LogP contribution < -0.4 is 14.2 Å². The van der Waals surface area contributed by atoms with Crippen LogP contribution in [0.25, 0.3) is 0 Å². The van der Waals surface area contributed by atoms with Gasteiger partial charge in [-0.1, -0.05) is 6.07 Å². The Kier molecular flexibility index (Phi) is 4.97. The summed E-state index contributed by atoms with van der Waals surface area (Å²) in [7, 11) is 0. The molecule has 32 heavy (non-hydrogen) atoms. The van der Waals surface area contributed by atoms with Crippen LogP contribution in [-0.2, 0) is 17.5 Å². The predicted octanol–water partition coefficient (Wildman–Crippen LogP) is 1.18. The first-order chi connectivity index (χ1) is 16.2. The molecule has 0 spiro atoms. The van der Waals surface area contributed by atoms with Gasteiger partial charge in [-0.05, 0) is 29.3 Å². The van der Waals surface area contributed by atoms with Crippen LogP contribution in [0.15, 0.2) is 24.3 Å². The zero-order valence-corrected chi connectivity index (χ0v) is 17.0. The van der Waals surface area contributed by atoms with Gasteiger partial charge < -0.3 is 39.4 Å². The highest BCUT2D eigenvalue weighted by molar-refractivity contribution is 5.58. The molecule has 0 unspecified atom stereocenters. The van der Waals surface area contributed by atoms with Crippen molar-refractivity contribution in [2.24, 2.45) is 0 Å². The molecule has 3 aliphatic rings. The summed E-state index contributed by atoms with van der Waals surface area (Å²) in [4.78, 5) is 0. The number of rotatable bonds is 4. The van der Waals surface area contributed by atoms with Crippen molar-refractivity contribution in [1.29, 1.82) is 0 Å². The standard InChI is InChI=1S/C23H25FO8/c24-18-17(10-25)32-23(21(28)20(18)27)14-9-12(22-13(19(14)26)3-4-31-22)7-11-1-2-15-16(8-11)30-6-5-29-15/h1-2,8-9,17-18,20-21,23,25-28H,3-7,10H2/t17-,18-,20+,21-,23+/m1/s1/i7D2. The molecule has 0 amide bonds. The molecule has 2 aromatic rings. The first-order valence-electron chi connectivity index (χ1n) is 11.4. The average molecular weight is 450 g/mol. The number of hydrogen-bond acceptors (Lipinski definition) is 8. The smallest absolute Gasteiger partial charge is 0.161 e. The van der Waals surface area contributed by atoms with Crippen molar-refractivity contribution < 1.29 is 46.5 Å². The van der Waals surface area contributed by atoms with Crippen LogP contribution >= 0.6 is 0 Å². The Balaban J connectivity index is 1.61. The summed E-state index contributed by atoms with van der Waals surface area (Å²) in [6, 6.07) is 6.01. The van der Waals surface area contributed by atoms with E-state index in [1.54, 1.807) is 12.1 Å². The molecule has 0 aromatic heterocycles. The second kappa shape index (κ2) is 8.40. The second-order valence-corrected chi connectivity index (χ2v) is 7.95. The van der Waals surface area contributed by atoms with Crippen LogP contribution in [-0.4, -0.2) is 71.3 Å². The fraction of sp³-hybridized carbons (Fsp3) is 0.478. The molecule has 0 saturated carbocycles. The van der Waals surface area contributed by atoms with E-state index >= 15 is 0 Å². The third-order valence-corrected chi connectivity index (χ3v) is 5.95. The van der Waals surface area contributed by atoms with Gasteiger partial charge in [0.25, 0.3) is 0 Å². The number of fused-ring (bicyclic) bond motifs is 2. The highest BCUT2D eigenvalue weighted by Crippen LogP contribution is 2.46. The summed E-state index contributed by atoms with van der Waals surface area (Å²) >= 11 is 0. The normalized spacial score (nSPS) is 30.2. The van der Waals surface area contributed by atoms with Gasteiger partial charge >= 0.3 is 0 Å². The first-order valence-corrected chi connectivity index (χ1v) is 10.4. The lowest BCUT2D eigenvalue weighted by Crippen LogP contribution is -2.53. The van der Waals surface area contributed by atoms with Gasteiger partial charge in [-0.25, -0.2) is 4.39 Å². The van der Waals surface area contributed by atoms with Gasteiger partial charge in [0.2, 0.25) is 0 Å². The highest BCUT2D eigenvalue weighted by Gasteiger charge is 2.46. The van der Waals surface area contributed by atoms with Gasteiger partial charge in [0.1, 0.15) is 49.1 Å². The molecule has 1 saturated heterocycles. The summed E-state index contributed by atoms with van der Waals surface area (Å²) in [6.45, 7) is 0.189. The van der Waals surface area contributed by atoms with Gasteiger partial charge in [0, 0.05) is 26.7 Å². The lowest BCUT2D eigenvalue weighted by Gasteiger charge is -2.39. The van der Waals surface area contributed by atoms with E-state index in [0.717, 1.165) is 0 Å². The quantitative estimate of drug-likeness (QED) is 0.549. The topological polar surface area (TPSA) is 118 Å². The first kappa shape index (κ1) is 18.9. The molecule has 4 N–H and O–H groups in total. The number of benzene rings is 2. The van der Waals surface area contributed by atoms with Gasteiger partial charge in [-0.3, -0.25) is 0 Å². The van der Waals surface area contributed by atoms with E-state index in [2.05, 4.69) is 0 Å². The molecular formula is C23H25FO8. The van der Waals surface area contributed by atoms with Crippen molar-refractivity contribution in [3.63, 3.8) is 0 Å². The Bertz CT molecular complexity index is 1100. The minimum atomic E-state index is -2.13. The fourth-order valence-electron chi connectivity index (χ4n) is 4.30. The fourth-order valence-corrected chi connectivity index (χ4v) is 4.30. The van der Waals surface area contributed by atoms with E-state index in [9.17, 15) is 24.8 Å². The molecule has 1 fully saturated rings. The van der Waals surface area contributed by atoms with Crippen LogP contribution in [0.4, 0.5) is 4.39 Å². The largest absolute Gasteiger partial charge is 0.507 e. The zero-order valence-electron chi connectivity index (χ0n) is 19.0. The maximum Gasteiger partial charge on any atom is 0.161 e.